The number of halogens is 1. The van der Waals surface area contributed by atoms with E-state index in [0.717, 1.165) is 16.9 Å². The van der Waals surface area contributed by atoms with E-state index in [4.69, 9.17) is 11.6 Å². The second-order valence-corrected chi connectivity index (χ2v) is 8.34. The van der Waals surface area contributed by atoms with Gasteiger partial charge >= 0.3 is 0 Å². The Morgan fingerprint density at radius 1 is 1.15 bits per heavy atom. The van der Waals surface area contributed by atoms with Crippen molar-refractivity contribution in [2.24, 2.45) is 35.5 Å². The van der Waals surface area contributed by atoms with Crippen LogP contribution in [0.2, 0.25) is 5.02 Å². The van der Waals surface area contributed by atoms with Gasteiger partial charge in [0, 0.05) is 10.7 Å². The van der Waals surface area contributed by atoms with E-state index >= 15 is 0 Å². The molecular formula is C20H19ClN2O3. The number of rotatable bonds is 3. The highest BCUT2D eigenvalue weighted by atomic mass is 35.5. The smallest absolute Gasteiger partial charge is 0.244 e. The van der Waals surface area contributed by atoms with Crippen LogP contribution in [-0.2, 0) is 14.4 Å². The average molecular weight is 371 g/mol. The zero-order chi connectivity index (χ0) is 18.2. The minimum absolute atomic E-state index is 0.176. The van der Waals surface area contributed by atoms with Crippen molar-refractivity contribution in [3.8, 4) is 0 Å². The van der Waals surface area contributed by atoms with E-state index in [9.17, 15) is 14.4 Å². The van der Waals surface area contributed by atoms with Crippen molar-refractivity contribution in [1.82, 2.24) is 4.90 Å². The van der Waals surface area contributed by atoms with Gasteiger partial charge < -0.3 is 5.32 Å². The van der Waals surface area contributed by atoms with E-state index in [1.165, 1.54) is 0 Å². The number of imide groups is 1. The number of hydrogen-bond acceptors (Lipinski definition) is 3. The van der Waals surface area contributed by atoms with Crippen molar-refractivity contribution >= 4 is 35.0 Å². The second-order valence-electron chi connectivity index (χ2n) is 7.93. The maximum atomic E-state index is 12.9. The zero-order valence-corrected chi connectivity index (χ0v) is 15.1. The predicted molar refractivity (Wildman–Crippen MR) is 96.2 cm³/mol. The molecule has 6 rings (SSSR count). The van der Waals surface area contributed by atoms with Gasteiger partial charge in [0.05, 0.1) is 11.8 Å². The summed E-state index contributed by atoms with van der Waals surface area (Å²) in [6.45, 7) is 1.65. The van der Waals surface area contributed by atoms with Gasteiger partial charge in [0.1, 0.15) is 6.54 Å². The number of likely N-dealkylation sites (tertiary alicyclic amines) is 1. The molecule has 6 unspecified atom stereocenters. The third kappa shape index (κ3) is 2.19. The maximum Gasteiger partial charge on any atom is 0.244 e. The van der Waals surface area contributed by atoms with Gasteiger partial charge in [-0.25, -0.2) is 0 Å². The Morgan fingerprint density at radius 2 is 1.77 bits per heavy atom. The number of amides is 3. The Labute approximate surface area is 156 Å². The summed E-state index contributed by atoms with van der Waals surface area (Å²) < 4.78 is 0. The molecule has 5 nitrogen and oxygen atoms in total. The summed E-state index contributed by atoms with van der Waals surface area (Å²) in [6, 6.07) is 5.23. The quantitative estimate of drug-likeness (QED) is 0.657. The third-order valence-electron chi connectivity index (χ3n) is 6.51. The van der Waals surface area contributed by atoms with Gasteiger partial charge in [-0.15, -0.1) is 0 Å². The van der Waals surface area contributed by atoms with Crippen molar-refractivity contribution in [3.05, 3.63) is 40.9 Å². The highest BCUT2D eigenvalue weighted by Crippen LogP contribution is 2.65. The van der Waals surface area contributed by atoms with E-state index in [-0.39, 0.29) is 47.9 Å². The van der Waals surface area contributed by atoms with Gasteiger partial charge in [0.2, 0.25) is 17.7 Å². The van der Waals surface area contributed by atoms with Crippen LogP contribution in [0.1, 0.15) is 12.0 Å². The molecule has 0 aromatic heterocycles. The molecule has 0 spiro atoms. The normalized spacial score (nSPS) is 36.2. The van der Waals surface area contributed by atoms with Crippen molar-refractivity contribution < 1.29 is 14.4 Å². The number of carbonyl (C=O) groups is 3. The van der Waals surface area contributed by atoms with Crippen LogP contribution in [0, 0.1) is 42.4 Å². The molecule has 6 heteroatoms. The second kappa shape index (κ2) is 5.43. The molecule has 3 amide bonds. The van der Waals surface area contributed by atoms with Crippen molar-refractivity contribution in [2.45, 2.75) is 13.3 Å². The molecule has 3 fully saturated rings. The summed E-state index contributed by atoms with van der Waals surface area (Å²) in [6.07, 6.45) is 5.39. The van der Waals surface area contributed by atoms with Crippen molar-refractivity contribution in [1.29, 1.82) is 0 Å². The van der Waals surface area contributed by atoms with Gasteiger partial charge in [0.25, 0.3) is 0 Å². The van der Waals surface area contributed by atoms with Crippen LogP contribution in [0.4, 0.5) is 5.69 Å². The molecule has 1 saturated heterocycles. The number of aryl methyl sites for hydroxylation is 1. The number of anilines is 1. The lowest BCUT2D eigenvalue weighted by atomic mass is 9.63. The van der Waals surface area contributed by atoms with Crippen LogP contribution < -0.4 is 5.32 Å². The van der Waals surface area contributed by atoms with E-state index in [1.807, 2.05) is 13.0 Å². The Bertz CT molecular complexity index is 844. The Morgan fingerprint density at radius 3 is 2.35 bits per heavy atom. The van der Waals surface area contributed by atoms with Crippen LogP contribution >= 0.6 is 11.6 Å². The minimum atomic E-state index is -0.379. The van der Waals surface area contributed by atoms with Gasteiger partial charge in [-0.2, -0.15) is 0 Å². The first-order chi connectivity index (χ1) is 12.5. The number of nitrogens with zero attached hydrogens (tertiary/aromatic N) is 1. The third-order valence-corrected chi connectivity index (χ3v) is 6.92. The fourth-order valence-corrected chi connectivity index (χ4v) is 5.37. The molecule has 0 radical (unpaired) electrons. The lowest BCUT2D eigenvalue weighted by Gasteiger charge is -2.37. The molecule has 1 heterocycles. The molecule has 1 N–H and O–H groups in total. The van der Waals surface area contributed by atoms with Crippen molar-refractivity contribution in [2.75, 3.05) is 11.9 Å². The number of carbonyl (C=O) groups excluding carboxylic acids is 3. The first-order valence-corrected chi connectivity index (χ1v) is 9.43. The highest BCUT2D eigenvalue weighted by molar-refractivity contribution is 6.31. The molecule has 1 aromatic carbocycles. The van der Waals surface area contributed by atoms with E-state index in [1.54, 1.807) is 12.1 Å². The lowest BCUT2D eigenvalue weighted by molar-refractivity contribution is -0.142. The summed E-state index contributed by atoms with van der Waals surface area (Å²) in [5.41, 5.74) is 1.48. The minimum Gasteiger partial charge on any atom is -0.324 e. The van der Waals surface area contributed by atoms with E-state index < -0.39 is 0 Å². The van der Waals surface area contributed by atoms with Crippen LogP contribution in [-0.4, -0.2) is 29.2 Å². The summed E-state index contributed by atoms with van der Waals surface area (Å²) >= 11 is 6.08. The largest absolute Gasteiger partial charge is 0.324 e. The summed E-state index contributed by atoms with van der Waals surface area (Å²) in [7, 11) is 0. The van der Waals surface area contributed by atoms with Gasteiger partial charge in [-0.3, -0.25) is 19.3 Å². The molecule has 2 bridgehead atoms. The summed E-state index contributed by atoms with van der Waals surface area (Å²) in [5.74, 6) is 0.217. The molecule has 5 aliphatic rings. The van der Waals surface area contributed by atoms with E-state index in [2.05, 4.69) is 17.5 Å². The van der Waals surface area contributed by atoms with Crippen LogP contribution in [0.25, 0.3) is 0 Å². The van der Waals surface area contributed by atoms with Gasteiger partial charge in [-0.05, 0) is 54.7 Å². The van der Waals surface area contributed by atoms with Crippen LogP contribution in [0.3, 0.4) is 0 Å². The molecule has 4 aliphatic carbocycles. The highest BCUT2D eigenvalue weighted by Gasteiger charge is 2.67. The number of benzene rings is 1. The maximum absolute atomic E-state index is 12.9. The Kier molecular flexibility index (Phi) is 3.35. The molecular weight excluding hydrogens is 352 g/mol. The molecule has 6 atom stereocenters. The summed E-state index contributed by atoms with van der Waals surface area (Å²) in [4.78, 5) is 39.3. The SMILES string of the molecule is Cc1ccc(NC(=O)CN2C(=O)C3C4C=CC(C5CC45)C3C2=O)cc1Cl. The van der Waals surface area contributed by atoms with Crippen LogP contribution in [0.5, 0.6) is 0 Å². The first-order valence-electron chi connectivity index (χ1n) is 9.05. The fraction of sp³-hybridized carbons (Fsp3) is 0.450. The van der Waals surface area contributed by atoms with E-state index in [0.29, 0.717) is 22.5 Å². The van der Waals surface area contributed by atoms with Gasteiger partial charge in [0.15, 0.2) is 0 Å². The monoisotopic (exact) mass is 370 g/mol. The fourth-order valence-electron chi connectivity index (χ4n) is 5.19. The predicted octanol–water partition coefficient (Wildman–Crippen LogP) is 2.64. The first kappa shape index (κ1) is 16.1. The lowest BCUT2D eigenvalue weighted by Crippen LogP contribution is -2.40. The number of nitrogens with one attached hydrogen (secondary N) is 1. The molecule has 2 saturated carbocycles. The summed E-state index contributed by atoms with van der Waals surface area (Å²) in [5, 5.41) is 3.29. The number of hydrogen-bond donors (Lipinski definition) is 1. The molecule has 134 valence electrons. The Hall–Kier alpha value is -2.14. The van der Waals surface area contributed by atoms with Crippen molar-refractivity contribution in [3.63, 3.8) is 0 Å². The molecule has 1 aromatic rings. The topological polar surface area (TPSA) is 66.5 Å². The zero-order valence-electron chi connectivity index (χ0n) is 14.3. The standard InChI is InChI=1S/C20H19ClN2O3/c1-9-2-3-10(6-15(9)21)22-16(24)8-23-19(25)17-11-4-5-12(14-7-13(11)14)18(17)20(23)26/h2-6,11-14,17-18H,7-8H2,1H3,(H,22,24). The number of allylic oxidation sites excluding steroid dienone is 2. The van der Waals surface area contributed by atoms with Gasteiger partial charge in [-0.1, -0.05) is 29.8 Å². The Balaban J connectivity index is 1.32. The molecule has 1 aliphatic heterocycles. The van der Waals surface area contributed by atoms with Crippen LogP contribution in [0.15, 0.2) is 30.4 Å². The molecule has 26 heavy (non-hydrogen) atoms. The average Bonchev–Trinajstić information content (AvgIpc) is 3.39.